The van der Waals surface area contributed by atoms with Crippen molar-refractivity contribution < 1.29 is 13.2 Å². The quantitative estimate of drug-likeness (QED) is 0.825. The van der Waals surface area contributed by atoms with Gasteiger partial charge in [0.1, 0.15) is 10.8 Å². The fourth-order valence-electron chi connectivity index (χ4n) is 2.49. The van der Waals surface area contributed by atoms with Crippen molar-refractivity contribution in [3.8, 4) is 5.75 Å². The fraction of sp³-hybridized carbons (Fsp3) is 0.429. The number of piperazine rings is 1. The molecule has 1 aliphatic rings. The van der Waals surface area contributed by atoms with Gasteiger partial charge >= 0.3 is 0 Å². The van der Waals surface area contributed by atoms with Gasteiger partial charge in [-0.1, -0.05) is 17.4 Å². The number of hydrogen-bond donors (Lipinski definition) is 0. The zero-order valence-electron chi connectivity index (χ0n) is 13.0. The van der Waals surface area contributed by atoms with Gasteiger partial charge in [0.2, 0.25) is 4.34 Å². The summed E-state index contributed by atoms with van der Waals surface area (Å²) in [5.74, 6) is 0.793. The first kappa shape index (κ1) is 16.2. The Balaban J connectivity index is 1.70. The molecule has 0 aliphatic carbocycles. The SMILES string of the molecule is COc1cccc(N2CCN(S(=O)(=O)c3nnc(C)s3)CC2)c1. The molecule has 1 aromatic heterocycles. The molecule has 1 aromatic carbocycles. The average molecular weight is 354 g/mol. The number of benzene rings is 1. The molecule has 9 heteroatoms. The summed E-state index contributed by atoms with van der Waals surface area (Å²) < 4.78 is 31.9. The van der Waals surface area contributed by atoms with Crippen molar-refractivity contribution in [3.63, 3.8) is 0 Å². The monoisotopic (exact) mass is 354 g/mol. The second-order valence-electron chi connectivity index (χ2n) is 5.18. The molecular formula is C14H18N4O3S2. The molecule has 7 nitrogen and oxygen atoms in total. The molecule has 2 heterocycles. The zero-order chi connectivity index (χ0) is 16.4. The zero-order valence-corrected chi connectivity index (χ0v) is 14.6. The summed E-state index contributed by atoms with van der Waals surface area (Å²) in [7, 11) is -1.90. The van der Waals surface area contributed by atoms with E-state index in [1.807, 2.05) is 24.3 Å². The maximum atomic E-state index is 12.5. The van der Waals surface area contributed by atoms with Gasteiger partial charge in [-0.2, -0.15) is 4.31 Å². The van der Waals surface area contributed by atoms with Gasteiger partial charge in [-0.15, -0.1) is 10.2 Å². The highest BCUT2D eigenvalue weighted by atomic mass is 32.2. The summed E-state index contributed by atoms with van der Waals surface area (Å²) in [4.78, 5) is 2.15. The predicted octanol–water partition coefficient (Wildman–Crippen LogP) is 1.37. The topological polar surface area (TPSA) is 75.6 Å². The van der Waals surface area contributed by atoms with Crippen molar-refractivity contribution >= 4 is 27.0 Å². The summed E-state index contributed by atoms with van der Waals surface area (Å²) in [5.41, 5.74) is 1.04. The molecule has 23 heavy (non-hydrogen) atoms. The Kier molecular flexibility index (Phi) is 4.51. The molecule has 1 saturated heterocycles. The number of anilines is 1. The Labute approximate surface area is 139 Å². The number of sulfonamides is 1. The maximum Gasteiger partial charge on any atom is 0.272 e. The summed E-state index contributed by atoms with van der Waals surface area (Å²) in [5, 5.41) is 8.22. The van der Waals surface area contributed by atoms with Crippen LogP contribution in [-0.2, 0) is 10.0 Å². The van der Waals surface area contributed by atoms with Crippen molar-refractivity contribution in [1.82, 2.24) is 14.5 Å². The summed E-state index contributed by atoms with van der Waals surface area (Å²) >= 11 is 1.11. The summed E-state index contributed by atoms with van der Waals surface area (Å²) in [6.45, 7) is 3.86. The summed E-state index contributed by atoms with van der Waals surface area (Å²) in [6.07, 6.45) is 0. The molecule has 0 atom stereocenters. The van der Waals surface area contributed by atoms with E-state index in [0.717, 1.165) is 22.8 Å². The maximum absolute atomic E-state index is 12.5. The first-order chi connectivity index (χ1) is 11.0. The molecule has 124 valence electrons. The van der Waals surface area contributed by atoms with Crippen LogP contribution in [0.15, 0.2) is 28.6 Å². The third-order valence-electron chi connectivity index (χ3n) is 3.73. The van der Waals surface area contributed by atoms with E-state index in [1.165, 1.54) is 4.31 Å². The second-order valence-corrected chi connectivity index (χ2v) is 8.47. The molecule has 0 spiro atoms. The molecule has 0 bridgehead atoms. The number of methoxy groups -OCH3 is 1. The van der Waals surface area contributed by atoms with Crippen LogP contribution in [0.3, 0.4) is 0 Å². The van der Waals surface area contributed by atoms with Gasteiger partial charge in [-0.25, -0.2) is 8.42 Å². The van der Waals surface area contributed by atoms with Crippen molar-refractivity contribution in [2.45, 2.75) is 11.3 Å². The molecule has 1 fully saturated rings. The summed E-state index contributed by atoms with van der Waals surface area (Å²) in [6, 6.07) is 7.78. The minimum absolute atomic E-state index is 0.0739. The highest BCUT2D eigenvalue weighted by Gasteiger charge is 2.31. The van der Waals surface area contributed by atoms with Crippen LogP contribution in [0.2, 0.25) is 0 Å². The molecule has 2 aromatic rings. The second kappa shape index (κ2) is 6.42. The first-order valence-corrected chi connectivity index (χ1v) is 9.45. The van der Waals surface area contributed by atoms with E-state index in [-0.39, 0.29) is 4.34 Å². The average Bonchev–Trinajstić information content (AvgIpc) is 3.02. The Hall–Kier alpha value is -1.71. The van der Waals surface area contributed by atoms with Gasteiger partial charge in [0, 0.05) is 37.9 Å². The van der Waals surface area contributed by atoms with Gasteiger partial charge in [0.15, 0.2) is 0 Å². The van der Waals surface area contributed by atoms with Crippen LogP contribution in [0.25, 0.3) is 0 Å². The third kappa shape index (κ3) is 3.31. The number of nitrogens with zero attached hydrogens (tertiary/aromatic N) is 4. The van der Waals surface area contributed by atoms with E-state index in [2.05, 4.69) is 15.1 Å². The van der Waals surface area contributed by atoms with Crippen molar-refractivity contribution in [2.75, 3.05) is 38.2 Å². The van der Waals surface area contributed by atoms with Crippen molar-refractivity contribution in [3.05, 3.63) is 29.3 Å². The number of aryl methyl sites for hydroxylation is 1. The Morgan fingerprint density at radius 1 is 1.17 bits per heavy atom. The molecular weight excluding hydrogens is 336 g/mol. The van der Waals surface area contributed by atoms with Gasteiger partial charge < -0.3 is 9.64 Å². The normalized spacial score (nSPS) is 16.5. The minimum atomic E-state index is -3.53. The third-order valence-corrected chi connectivity index (χ3v) is 6.81. The van der Waals surface area contributed by atoms with E-state index in [9.17, 15) is 8.42 Å². The molecule has 1 aliphatic heterocycles. The first-order valence-electron chi connectivity index (χ1n) is 7.20. The molecule has 0 radical (unpaired) electrons. The largest absolute Gasteiger partial charge is 0.497 e. The van der Waals surface area contributed by atoms with Crippen LogP contribution in [0.1, 0.15) is 5.01 Å². The minimum Gasteiger partial charge on any atom is -0.497 e. The standard InChI is InChI=1S/C14H18N4O3S2/c1-11-15-16-14(22-11)23(19,20)18-8-6-17(7-9-18)12-4-3-5-13(10-12)21-2/h3-5,10H,6-9H2,1-2H3. The molecule has 0 N–H and O–H groups in total. The Bertz CT molecular complexity index is 783. The van der Waals surface area contributed by atoms with Crippen LogP contribution >= 0.6 is 11.3 Å². The highest BCUT2D eigenvalue weighted by Crippen LogP contribution is 2.25. The molecule has 0 unspecified atom stereocenters. The Morgan fingerprint density at radius 2 is 1.91 bits per heavy atom. The van der Waals surface area contributed by atoms with E-state index >= 15 is 0 Å². The van der Waals surface area contributed by atoms with E-state index in [1.54, 1.807) is 14.0 Å². The van der Waals surface area contributed by atoms with Gasteiger partial charge in [-0.05, 0) is 19.1 Å². The van der Waals surface area contributed by atoms with Crippen LogP contribution in [0.4, 0.5) is 5.69 Å². The van der Waals surface area contributed by atoms with Crippen molar-refractivity contribution in [1.29, 1.82) is 0 Å². The molecule has 0 saturated carbocycles. The number of ether oxygens (including phenoxy) is 1. The molecule has 3 rings (SSSR count). The van der Waals surface area contributed by atoms with E-state index < -0.39 is 10.0 Å². The highest BCUT2D eigenvalue weighted by molar-refractivity contribution is 7.91. The number of rotatable bonds is 4. The van der Waals surface area contributed by atoms with Crippen LogP contribution < -0.4 is 9.64 Å². The lowest BCUT2D eigenvalue weighted by molar-refractivity contribution is 0.383. The lowest BCUT2D eigenvalue weighted by Gasteiger charge is -2.34. The van der Waals surface area contributed by atoms with Crippen LogP contribution in [-0.4, -0.2) is 56.2 Å². The lowest BCUT2D eigenvalue weighted by atomic mass is 10.2. The lowest BCUT2D eigenvalue weighted by Crippen LogP contribution is -2.48. The van der Waals surface area contributed by atoms with Gasteiger partial charge in [-0.3, -0.25) is 0 Å². The van der Waals surface area contributed by atoms with Gasteiger partial charge in [0.25, 0.3) is 10.0 Å². The molecule has 0 amide bonds. The van der Waals surface area contributed by atoms with Crippen molar-refractivity contribution in [2.24, 2.45) is 0 Å². The smallest absolute Gasteiger partial charge is 0.272 e. The fourth-order valence-corrected chi connectivity index (χ4v) is 5.01. The number of hydrogen-bond acceptors (Lipinski definition) is 7. The van der Waals surface area contributed by atoms with Gasteiger partial charge in [0.05, 0.1) is 7.11 Å². The van der Waals surface area contributed by atoms with E-state index in [4.69, 9.17) is 4.74 Å². The van der Waals surface area contributed by atoms with Crippen LogP contribution in [0.5, 0.6) is 5.75 Å². The Morgan fingerprint density at radius 3 is 2.52 bits per heavy atom. The predicted molar refractivity (Wildman–Crippen MR) is 88.6 cm³/mol. The van der Waals surface area contributed by atoms with Crippen LogP contribution in [0, 0.1) is 6.92 Å². The van der Waals surface area contributed by atoms with E-state index in [0.29, 0.717) is 31.2 Å². The number of aromatic nitrogens is 2.